The zero-order valence-corrected chi connectivity index (χ0v) is 10.8. The van der Waals surface area contributed by atoms with E-state index in [0.717, 1.165) is 25.0 Å². The highest BCUT2D eigenvalue weighted by atomic mass is 19.4. The summed E-state index contributed by atoms with van der Waals surface area (Å²) in [5.41, 5.74) is -2.26. The molecule has 1 aliphatic carbocycles. The van der Waals surface area contributed by atoms with Crippen molar-refractivity contribution in [2.45, 2.75) is 25.1 Å². The highest BCUT2D eigenvalue weighted by Gasteiger charge is 2.35. The highest BCUT2D eigenvalue weighted by Crippen LogP contribution is 2.32. The first-order chi connectivity index (χ1) is 9.79. The van der Waals surface area contributed by atoms with Gasteiger partial charge in [-0.15, -0.1) is 0 Å². The minimum atomic E-state index is -4.89. The summed E-state index contributed by atoms with van der Waals surface area (Å²) in [6, 6.07) is 2.51. The van der Waals surface area contributed by atoms with Crippen LogP contribution in [-0.4, -0.2) is 24.4 Å². The molecule has 2 rings (SSSR count). The Morgan fingerprint density at radius 1 is 1.24 bits per heavy atom. The predicted molar refractivity (Wildman–Crippen MR) is 64.9 cm³/mol. The topological polar surface area (TPSA) is 58.2 Å². The molecule has 2 amide bonds. The van der Waals surface area contributed by atoms with Gasteiger partial charge >= 0.3 is 6.18 Å². The van der Waals surface area contributed by atoms with Crippen LogP contribution in [0.15, 0.2) is 18.2 Å². The summed E-state index contributed by atoms with van der Waals surface area (Å²) < 4.78 is 51.2. The van der Waals surface area contributed by atoms with Crippen LogP contribution < -0.4 is 10.6 Å². The average Bonchev–Trinajstić information content (AvgIpc) is 3.18. The normalized spacial score (nSPS) is 14.7. The number of nitrogens with one attached hydrogen (secondary N) is 2. The van der Waals surface area contributed by atoms with Gasteiger partial charge in [-0.05, 0) is 25.0 Å². The average molecular weight is 304 g/mol. The second-order valence-electron chi connectivity index (χ2n) is 4.69. The molecule has 1 aromatic rings. The fourth-order valence-corrected chi connectivity index (χ4v) is 1.69. The summed E-state index contributed by atoms with van der Waals surface area (Å²) >= 11 is 0. The summed E-state index contributed by atoms with van der Waals surface area (Å²) in [5, 5.41) is 4.68. The van der Waals surface area contributed by atoms with Crippen LogP contribution in [0.3, 0.4) is 0 Å². The van der Waals surface area contributed by atoms with Gasteiger partial charge in [0.25, 0.3) is 5.91 Å². The van der Waals surface area contributed by atoms with Crippen LogP contribution in [-0.2, 0) is 11.0 Å². The number of carbonyl (C=O) groups excluding carboxylic acids is 2. The van der Waals surface area contributed by atoms with E-state index in [4.69, 9.17) is 0 Å². The molecular formula is C13H12F4N2O2. The molecule has 1 saturated carbocycles. The number of benzene rings is 1. The molecule has 1 fully saturated rings. The van der Waals surface area contributed by atoms with Crippen molar-refractivity contribution in [3.8, 4) is 0 Å². The van der Waals surface area contributed by atoms with Crippen LogP contribution in [0, 0.1) is 5.82 Å². The van der Waals surface area contributed by atoms with E-state index in [1.165, 1.54) is 0 Å². The Morgan fingerprint density at radius 2 is 1.90 bits per heavy atom. The van der Waals surface area contributed by atoms with Gasteiger partial charge in [-0.25, -0.2) is 4.39 Å². The molecule has 114 valence electrons. The van der Waals surface area contributed by atoms with Crippen LogP contribution in [0.4, 0.5) is 17.6 Å². The first kappa shape index (κ1) is 15.3. The van der Waals surface area contributed by atoms with Crippen LogP contribution >= 0.6 is 0 Å². The van der Waals surface area contributed by atoms with Gasteiger partial charge in [-0.2, -0.15) is 13.2 Å². The third-order valence-electron chi connectivity index (χ3n) is 2.90. The number of amides is 2. The van der Waals surface area contributed by atoms with Crippen molar-refractivity contribution >= 4 is 11.8 Å². The lowest BCUT2D eigenvalue weighted by Crippen LogP contribution is -2.38. The number of rotatable bonds is 4. The van der Waals surface area contributed by atoms with Crippen molar-refractivity contribution < 1.29 is 27.2 Å². The summed E-state index contributed by atoms with van der Waals surface area (Å²) in [5.74, 6) is -3.17. The van der Waals surface area contributed by atoms with Crippen LogP contribution in [0.2, 0.25) is 0 Å². The maximum atomic E-state index is 13.7. The van der Waals surface area contributed by atoms with Gasteiger partial charge < -0.3 is 10.6 Å². The maximum Gasteiger partial charge on any atom is 0.419 e. The largest absolute Gasteiger partial charge is 0.419 e. The van der Waals surface area contributed by atoms with E-state index in [9.17, 15) is 27.2 Å². The molecule has 4 nitrogen and oxygen atoms in total. The minimum Gasteiger partial charge on any atom is -0.352 e. The fourth-order valence-electron chi connectivity index (χ4n) is 1.69. The molecule has 8 heteroatoms. The Hall–Kier alpha value is -2.12. The van der Waals surface area contributed by atoms with E-state index < -0.39 is 41.5 Å². The second kappa shape index (κ2) is 5.71. The molecule has 0 spiro atoms. The molecule has 1 aliphatic rings. The van der Waals surface area contributed by atoms with Crippen molar-refractivity contribution in [1.29, 1.82) is 0 Å². The molecule has 0 heterocycles. The molecule has 0 radical (unpaired) electrons. The summed E-state index contributed by atoms with van der Waals surface area (Å²) in [6.07, 6.45) is -3.16. The van der Waals surface area contributed by atoms with E-state index in [1.807, 2.05) is 0 Å². The smallest absolute Gasteiger partial charge is 0.352 e. The summed E-state index contributed by atoms with van der Waals surface area (Å²) in [7, 11) is 0. The third kappa shape index (κ3) is 3.93. The molecule has 0 atom stereocenters. The Labute approximate surface area is 117 Å². The predicted octanol–water partition coefficient (Wildman–Crippen LogP) is 1.85. The molecule has 0 aliphatic heterocycles. The van der Waals surface area contributed by atoms with Crippen molar-refractivity contribution in [3.05, 3.63) is 35.1 Å². The Bertz CT molecular complexity index is 568. The summed E-state index contributed by atoms with van der Waals surface area (Å²) in [4.78, 5) is 23.0. The molecule has 0 saturated heterocycles. The Kier molecular flexibility index (Phi) is 4.15. The molecular weight excluding hydrogens is 292 g/mol. The van der Waals surface area contributed by atoms with Crippen molar-refractivity contribution in [2.75, 3.05) is 6.54 Å². The molecule has 1 aromatic carbocycles. The zero-order valence-electron chi connectivity index (χ0n) is 10.8. The van der Waals surface area contributed by atoms with Crippen molar-refractivity contribution in [2.24, 2.45) is 0 Å². The first-order valence-corrected chi connectivity index (χ1v) is 6.22. The lowest BCUT2D eigenvalue weighted by Gasteiger charge is -2.11. The maximum absolute atomic E-state index is 13.7. The molecule has 21 heavy (non-hydrogen) atoms. The number of carbonyl (C=O) groups is 2. The quantitative estimate of drug-likeness (QED) is 0.834. The number of halogens is 4. The van der Waals surface area contributed by atoms with Crippen LogP contribution in [0.25, 0.3) is 0 Å². The van der Waals surface area contributed by atoms with Crippen molar-refractivity contribution in [1.82, 2.24) is 10.6 Å². The number of alkyl halides is 3. The number of hydrogen-bond donors (Lipinski definition) is 2. The van der Waals surface area contributed by atoms with E-state index in [1.54, 1.807) is 0 Å². The second-order valence-corrected chi connectivity index (χ2v) is 4.69. The Balaban J connectivity index is 2.03. The van der Waals surface area contributed by atoms with Crippen molar-refractivity contribution in [3.63, 3.8) is 0 Å². The molecule has 0 aromatic heterocycles. The molecule has 0 bridgehead atoms. The minimum absolute atomic E-state index is 0.0969. The molecule has 2 N–H and O–H groups in total. The lowest BCUT2D eigenvalue weighted by molar-refractivity contribution is -0.140. The Morgan fingerprint density at radius 3 is 2.48 bits per heavy atom. The zero-order chi connectivity index (χ0) is 15.6. The monoisotopic (exact) mass is 304 g/mol. The molecule has 0 unspecified atom stereocenters. The van der Waals surface area contributed by atoms with Gasteiger partial charge in [-0.1, -0.05) is 6.07 Å². The van der Waals surface area contributed by atoms with E-state index >= 15 is 0 Å². The van der Waals surface area contributed by atoms with E-state index in [-0.39, 0.29) is 6.04 Å². The highest BCUT2D eigenvalue weighted by molar-refractivity contribution is 5.96. The first-order valence-electron chi connectivity index (χ1n) is 6.22. The standard InChI is InChI=1S/C13H12F4N2O2/c14-11-8(2-1-3-9(11)13(15,16)17)12(21)18-6-10(20)19-7-4-5-7/h1-3,7H,4-6H2,(H,18,21)(H,19,20). The van der Waals surface area contributed by atoms with Gasteiger partial charge in [-0.3, -0.25) is 9.59 Å². The van der Waals surface area contributed by atoms with Crippen LogP contribution in [0.1, 0.15) is 28.8 Å². The fraction of sp³-hybridized carbons (Fsp3) is 0.385. The third-order valence-corrected chi connectivity index (χ3v) is 2.90. The van der Waals surface area contributed by atoms with Gasteiger partial charge in [0.2, 0.25) is 5.91 Å². The van der Waals surface area contributed by atoms with E-state index in [2.05, 4.69) is 10.6 Å². The van der Waals surface area contributed by atoms with Gasteiger partial charge in [0.1, 0.15) is 5.82 Å². The number of hydrogen-bond acceptors (Lipinski definition) is 2. The van der Waals surface area contributed by atoms with Gasteiger partial charge in [0.05, 0.1) is 17.7 Å². The van der Waals surface area contributed by atoms with Gasteiger partial charge in [0.15, 0.2) is 0 Å². The van der Waals surface area contributed by atoms with Gasteiger partial charge in [0, 0.05) is 6.04 Å². The lowest BCUT2D eigenvalue weighted by atomic mass is 10.1. The van der Waals surface area contributed by atoms with Crippen LogP contribution in [0.5, 0.6) is 0 Å². The SMILES string of the molecule is O=C(CNC(=O)c1cccc(C(F)(F)F)c1F)NC1CC1. The summed E-state index contributed by atoms with van der Waals surface area (Å²) in [6.45, 7) is -0.412. The van der Waals surface area contributed by atoms with E-state index in [0.29, 0.717) is 6.07 Å².